The lowest BCUT2D eigenvalue weighted by atomic mass is 10.0. The van der Waals surface area contributed by atoms with E-state index in [9.17, 15) is 0 Å². The standard InChI is InChI=1S/C29H31N7/c1-20-3-5-23(18-22(20)6-7-25-10-12-28(34-33-25)30-24-8-9-24)29-31-26-11-4-21(17-27(26)32-29)19-36-15-13-35(2)14-16-36/h3-5,10-12,17-18,24H,8-9,13-16,19H2,1-2H3,(H,30,34)(H,31,32). The number of likely N-dealkylation sites (N-methyl/N-ethyl adjacent to an activating group) is 1. The van der Waals surface area contributed by atoms with Gasteiger partial charge < -0.3 is 15.2 Å². The molecule has 0 amide bonds. The number of aryl methyl sites for hydroxylation is 1. The first kappa shape index (κ1) is 22.7. The molecule has 2 fully saturated rings. The number of piperazine rings is 1. The molecule has 2 aliphatic rings. The van der Waals surface area contributed by atoms with Gasteiger partial charge in [0.25, 0.3) is 0 Å². The monoisotopic (exact) mass is 477 g/mol. The van der Waals surface area contributed by atoms with Crippen LogP contribution in [0.1, 0.15) is 35.2 Å². The van der Waals surface area contributed by atoms with Crippen molar-refractivity contribution in [3.63, 3.8) is 0 Å². The topological polar surface area (TPSA) is 73.0 Å². The van der Waals surface area contributed by atoms with E-state index in [0.29, 0.717) is 11.7 Å². The average molecular weight is 478 g/mol. The molecule has 36 heavy (non-hydrogen) atoms. The number of nitrogens with zero attached hydrogens (tertiary/aromatic N) is 5. The molecule has 0 spiro atoms. The zero-order valence-electron chi connectivity index (χ0n) is 20.9. The number of hydrogen-bond donors (Lipinski definition) is 2. The summed E-state index contributed by atoms with van der Waals surface area (Å²) in [5.74, 6) is 8.12. The first-order valence-electron chi connectivity index (χ1n) is 12.7. The molecule has 0 radical (unpaired) electrons. The minimum absolute atomic E-state index is 0.559. The van der Waals surface area contributed by atoms with Crippen molar-refractivity contribution in [2.24, 2.45) is 0 Å². The largest absolute Gasteiger partial charge is 0.366 e. The van der Waals surface area contributed by atoms with E-state index in [2.05, 4.69) is 92.5 Å². The Labute approximate surface area is 212 Å². The SMILES string of the molecule is Cc1ccc(-c2nc3ccc(CN4CCN(C)CC4)cc3[nH]2)cc1C#Cc1ccc(NC2CC2)nn1. The lowest BCUT2D eigenvalue weighted by Crippen LogP contribution is -2.43. The number of nitrogens with one attached hydrogen (secondary N) is 2. The molecule has 2 aromatic carbocycles. The molecule has 1 aliphatic heterocycles. The molecule has 7 heteroatoms. The maximum absolute atomic E-state index is 4.85. The van der Waals surface area contributed by atoms with Crippen molar-refractivity contribution in [3.8, 4) is 23.2 Å². The van der Waals surface area contributed by atoms with Crippen LogP contribution in [0.3, 0.4) is 0 Å². The van der Waals surface area contributed by atoms with Crippen LogP contribution in [0.5, 0.6) is 0 Å². The second-order valence-electron chi connectivity index (χ2n) is 10.0. The fourth-order valence-electron chi connectivity index (χ4n) is 4.50. The maximum Gasteiger partial charge on any atom is 0.148 e. The quantitative estimate of drug-likeness (QED) is 0.423. The molecule has 7 nitrogen and oxygen atoms in total. The van der Waals surface area contributed by atoms with Crippen LogP contribution >= 0.6 is 0 Å². The fraction of sp³-hybridized carbons (Fsp3) is 0.345. The smallest absolute Gasteiger partial charge is 0.148 e. The molecule has 2 aromatic heterocycles. The summed E-state index contributed by atoms with van der Waals surface area (Å²) in [6.45, 7) is 7.54. The second kappa shape index (κ2) is 9.73. The lowest BCUT2D eigenvalue weighted by molar-refractivity contribution is 0.148. The molecule has 4 aromatic rings. The van der Waals surface area contributed by atoms with Gasteiger partial charge in [0.15, 0.2) is 0 Å². The second-order valence-corrected chi connectivity index (χ2v) is 10.0. The van der Waals surface area contributed by atoms with E-state index in [-0.39, 0.29) is 0 Å². The number of H-pyrrole nitrogens is 1. The van der Waals surface area contributed by atoms with Crippen LogP contribution < -0.4 is 5.32 Å². The Morgan fingerprint density at radius 2 is 1.83 bits per heavy atom. The van der Waals surface area contributed by atoms with Gasteiger partial charge in [0.1, 0.15) is 17.3 Å². The molecule has 0 unspecified atom stereocenters. The van der Waals surface area contributed by atoms with Gasteiger partial charge in [0.2, 0.25) is 0 Å². The summed E-state index contributed by atoms with van der Waals surface area (Å²) >= 11 is 0. The van der Waals surface area contributed by atoms with Crippen molar-refractivity contribution in [2.45, 2.75) is 32.4 Å². The minimum Gasteiger partial charge on any atom is -0.366 e. The van der Waals surface area contributed by atoms with Crippen molar-refractivity contribution >= 4 is 16.9 Å². The highest BCUT2D eigenvalue weighted by atomic mass is 15.2. The van der Waals surface area contributed by atoms with Crippen LogP contribution in [0.15, 0.2) is 48.5 Å². The number of aromatic nitrogens is 4. The van der Waals surface area contributed by atoms with Gasteiger partial charge in [-0.25, -0.2) is 4.98 Å². The van der Waals surface area contributed by atoms with Gasteiger partial charge in [0.05, 0.1) is 11.0 Å². The van der Waals surface area contributed by atoms with Crippen molar-refractivity contribution < 1.29 is 0 Å². The summed E-state index contributed by atoms with van der Waals surface area (Å²) in [5, 5.41) is 11.9. The molecule has 182 valence electrons. The Hall–Kier alpha value is -3.73. The van der Waals surface area contributed by atoms with Crippen molar-refractivity contribution in [2.75, 3.05) is 38.5 Å². The molecule has 1 aliphatic carbocycles. The van der Waals surface area contributed by atoms with Crippen LogP contribution in [-0.4, -0.2) is 69.2 Å². The molecule has 0 bridgehead atoms. The summed E-state index contributed by atoms with van der Waals surface area (Å²) in [6.07, 6.45) is 2.42. The third kappa shape index (κ3) is 5.25. The normalized spacial score (nSPS) is 16.6. The van der Waals surface area contributed by atoms with E-state index in [1.54, 1.807) is 0 Å². The zero-order valence-corrected chi connectivity index (χ0v) is 20.9. The summed E-state index contributed by atoms with van der Waals surface area (Å²) in [5.41, 5.74) is 7.14. The van der Waals surface area contributed by atoms with Gasteiger partial charge in [-0.2, -0.15) is 0 Å². The third-order valence-corrected chi connectivity index (χ3v) is 6.98. The third-order valence-electron chi connectivity index (χ3n) is 6.98. The Morgan fingerprint density at radius 3 is 2.61 bits per heavy atom. The van der Waals surface area contributed by atoms with Crippen molar-refractivity contribution in [1.82, 2.24) is 30.0 Å². The lowest BCUT2D eigenvalue weighted by Gasteiger charge is -2.32. The van der Waals surface area contributed by atoms with E-state index in [4.69, 9.17) is 4.98 Å². The molecule has 2 N–H and O–H groups in total. The highest BCUT2D eigenvalue weighted by molar-refractivity contribution is 5.80. The van der Waals surface area contributed by atoms with Gasteiger partial charge in [0, 0.05) is 49.9 Å². The number of rotatable bonds is 5. The maximum atomic E-state index is 4.85. The highest BCUT2D eigenvalue weighted by Crippen LogP contribution is 2.25. The minimum atomic E-state index is 0.559. The Morgan fingerprint density at radius 1 is 0.972 bits per heavy atom. The first-order chi connectivity index (χ1) is 17.6. The number of fused-ring (bicyclic) bond motifs is 1. The van der Waals surface area contributed by atoms with Gasteiger partial charge in [-0.3, -0.25) is 4.90 Å². The fourth-order valence-corrected chi connectivity index (χ4v) is 4.50. The molecule has 0 atom stereocenters. The number of benzene rings is 2. The molecular formula is C29H31N7. The summed E-state index contributed by atoms with van der Waals surface area (Å²) in [6, 6.07) is 17.3. The van der Waals surface area contributed by atoms with Gasteiger partial charge in [-0.05, 0) is 74.2 Å². The van der Waals surface area contributed by atoms with Crippen LogP contribution in [0.2, 0.25) is 0 Å². The predicted molar refractivity (Wildman–Crippen MR) is 144 cm³/mol. The Kier molecular flexibility index (Phi) is 6.14. The zero-order chi connectivity index (χ0) is 24.5. The van der Waals surface area contributed by atoms with Gasteiger partial charge >= 0.3 is 0 Å². The van der Waals surface area contributed by atoms with Crippen molar-refractivity contribution in [1.29, 1.82) is 0 Å². The van der Waals surface area contributed by atoms with Crippen LogP contribution in [-0.2, 0) is 6.54 Å². The molecular weight excluding hydrogens is 446 g/mol. The Bertz CT molecular complexity index is 1430. The van der Waals surface area contributed by atoms with Crippen LogP contribution in [0.25, 0.3) is 22.4 Å². The summed E-state index contributed by atoms with van der Waals surface area (Å²) in [4.78, 5) is 13.3. The van der Waals surface area contributed by atoms with Crippen molar-refractivity contribution in [3.05, 3.63) is 70.9 Å². The highest BCUT2D eigenvalue weighted by Gasteiger charge is 2.21. The molecule has 1 saturated carbocycles. The van der Waals surface area contributed by atoms with Crippen LogP contribution in [0.4, 0.5) is 5.82 Å². The van der Waals surface area contributed by atoms with E-state index in [1.165, 1.54) is 18.4 Å². The average Bonchev–Trinajstić information content (AvgIpc) is 3.61. The van der Waals surface area contributed by atoms with E-state index in [0.717, 1.165) is 72.1 Å². The first-order valence-corrected chi connectivity index (χ1v) is 12.7. The summed E-state index contributed by atoms with van der Waals surface area (Å²) in [7, 11) is 2.19. The van der Waals surface area contributed by atoms with Gasteiger partial charge in [-0.15, -0.1) is 10.2 Å². The molecule has 3 heterocycles. The number of imidazole rings is 1. The van der Waals surface area contributed by atoms with E-state index < -0.39 is 0 Å². The van der Waals surface area contributed by atoms with E-state index >= 15 is 0 Å². The number of aromatic amines is 1. The van der Waals surface area contributed by atoms with Gasteiger partial charge in [-0.1, -0.05) is 24.1 Å². The number of hydrogen-bond acceptors (Lipinski definition) is 6. The Balaban J connectivity index is 1.20. The number of anilines is 1. The summed E-state index contributed by atoms with van der Waals surface area (Å²) < 4.78 is 0. The van der Waals surface area contributed by atoms with E-state index in [1.807, 2.05) is 12.1 Å². The molecule has 6 rings (SSSR count). The van der Waals surface area contributed by atoms with Crippen LogP contribution in [0, 0.1) is 18.8 Å². The predicted octanol–water partition coefficient (Wildman–Crippen LogP) is 4.05. The molecule has 1 saturated heterocycles.